The number of carbonyl (C=O) groups is 1. The van der Waals surface area contributed by atoms with Gasteiger partial charge in [-0.05, 0) is 36.0 Å². The van der Waals surface area contributed by atoms with E-state index in [0.29, 0.717) is 12.8 Å². The van der Waals surface area contributed by atoms with Crippen LogP contribution in [-0.2, 0) is 9.53 Å². The van der Waals surface area contributed by atoms with E-state index in [2.05, 4.69) is 23.7 Å². The summed E-state index contributed by atoms with van der Waals surface area (Å²) in [6, 6.07) is 0. The predicted molar refractivity (Wildman–Crippen MR) is 91.1 cm³/mol. The minimum Gasteiger partial charge on any atom is -0.458 e. The van der Waals surface area contributed by atoms with Crippen LogP contribution < -0.4 is 0 Å². The van der Waals surface area contributed by atoms with E-state index in [4.69, 9.17) is 14.9 Å². The highest BCUT2D eigenvalue weighted by atomic mass is 16.5. The summed E-state index contributed by atoms with van der Waals surface area (Å²) in [7, 11) is 0. The molecule has 1 atom stereocenters. The van der Waals surface area contributed by atoms with Crippen LogP contribution in [0.2, 0.25) is 0 Å². The lowest BCUT2D eigenvalue weighted by atomic mass is 10.1. The van der Waals surface area contributed by atoms with Gasteiger partial charge in [0, 0.05) is 19.4 Å². The maximum absolute atomic E-state index is 11.6. The number of esters is 1. The largest absolute Gasteiger partial charge is 0.458 e. The first kappa shape index (κ1) is 20.7. The van der Waals surface area contributed by atoms with E-state index < -0.39 is 6.10 Å². The predicted octanol–water partition coefficient (Wildman–Crippen LogP) is 1.99. The van der Waals surface area contributed by atoms with Gasteiger partial charge in [0.25, 0.3) is 0 Å². The van der Waals surface area contributed by atoms with Gasteiger partial charge in [-0.25, -0.2) is 0 Å². The van der Waals surface area contributed by atoms with Gasteiger partial charge in [-0.2, -0.15) is 0 Å². The van der Waals surface area contributed by atoms with Crippen molar-refractivity contribution in [1.82, 2.24) is 0 Å². The van der Waals surface area contributed by atoms with Gasteiger partial charge >= 0.3 is 5.97 Å². The van der Waals surface area contributed by atoms with E-state index in [1.165, 1.54) is 12.2 Å². The number of rotatable bonds is 8. The zero-order chi connectivity index (χ0) is 17.3. The molecule has 0 saturated carbocycles. The normalized spacial score (nSPS) is 12.2. The maximum atomic E-state index is 11.6. The Morgan fingerprint density at radius 2 is 1.83 bits per heavy atom. The molecular weight excluding hydrogens is 292 g/mol. The molecule has 0 amide bonds. The third kappa shape index (κ3) is 14.4. The Kier molecular flexibility index (Phi) is 13.2. The molecule has 0 spiro atoms. The second-order valence-corrected chi connectivity index (χ2v) is 5.01. The number of aliphatic hydroxyl groups excluding tert-OH is 2. The Bertz CT molecular complexity index is 533. The second kappa shape index (κ2) is 14.7. The summed E-state index contributed by atoms with van der Waals surface area (Å²) in [4.78, 5) is 11.6. The van der Waals surface area contributed by atoms with Crippen LogP contribution in [0.5, 0.6) is 0 Å². The highest BCUT2D eigenvalue weighted by molar-refractivity contribution is 5.69. The fraction of sp³-hybridized carbons (Fsp3) is 0.421. The van der Waals surface area contributed by atoms with Gasteiger partial charge in [0.1, 0.15) is 6.10 Å². The monoisotopic (exact) mass is 316 g/mol. The van der Waals surface area contributed by atoms with Crippen molar-refractivity contribution in [2.24, 2.45) is 5.92 Å². The molecule has 0 aromatic heterocycles. The van der Waals surface area contributed by atoms with Gasteiger partial charge in [0.05, 0.1) is 6.61 Å². The molecule has 23 heavy (non-hydrogen) atoms. The molecular formula is C19H24O4. The van der Waals surface area contributed by atoms with Gasteiger partial charge in [0.2, 0.25) is 0 Å². The van der Waals surface area contributed by atoms with Crippen molar-refractivity contribution in [2.75, 3.05) is 13.2 Å². The van der Waals surface area contributed by atoms with Gasteiger partial charge in [-0.3, -0.25) is 4.79 Å². The number of carbonyl (C=O) groups excluding carboxylic acids is 1. The molecule has 0 aromatic carbocycles. The first-order valence-corrected chi connectivity index (χ1v) is 7.50. The van der Waals surface area contributed by atoms with Gasteiger partial charge in [-0.1, -0.05) is 43.9 Å². The van der Waals surface area contributed by atoms with Crippen molar-refractivity contribution in [1.29, 1.82) is 0 Å². The van der Waals surface area contributed by atoms with Crippen LogP contribution in [0.1, 0.15) is 26.7 Å². The molecule has 124 valence electrons. The van der Waals surface area contributed by atoms with E-state index in [-0.39, 0.29) is 25.1 Å². The summed E-state index contributed by atoms with van der Waals surface area (Å²) in [5.41, 5.74) is 0. The molecule has 0 unspecified atom stereocenters. The fourth-order valence-corrected chi connectivity index (χ4v) is 1.43. The van der Waals surface area contributed by atoms with Crippen molar-refractivity contribution in [2.45, 2.75) is 32.8 Å². The van der Waals surface area contributed by atoms with Crippen LogP contribution in [0.3, 0.4) is 0 Å². The number of aliphatic hydroxyl groups is 2. The molecule has 0 aliphatic carbocycles. The Labute approximate surface area is 138 Å². The fourth-order valence-electron chi connectivity index (χ4n) is 1.43. The standard InChI is InChI=1S/C19H24O4/c1-17(2)16-19(22)23-18(13-15-21)12-10-8-6-4-3-5-7-9-11-14-20/h6,8-12,17-18,20-21H,13-16H2,1-2H3/b8-6+,11-9+,12-10+/t18-/m1/s1. The lowest BCUT2D eigenvalue weighted by molar-refractivity contribution is -0.148. The first-order chi connectivity index (χ1) is 11.1. The summed E-state index contributed by atoms with van der Waals surface area (Å²) < 4.78 is 5.28. The molecule has 0 aromatic rings. The lowest BCUT2D eigenvalue weighted by Crippen LogP contribution is -2.18. The number of allylic oxidation sites excluding steroid dienone is 4. The second-order valence-electron chi connectivity index (χ2n) is 5.01. The molecule has 0 radical (unpaired) electrons. The van der Waals surface area contributed by atoms with Crippen molar-refractivity contribution >= 4 is 5.97 Å². The van der Waals surface area contributed by atoms with Crippen molar-refractivity contribution in [3.63, 3.8) is 0 Å². The van der Waals surface area contributed by atoms with Gasteiger partial charge < -0.3 is 14.9 Å². The van der Waals surface area contributed by atoms with Crippen LogP contribution in [0.25, 0.3) is 0 Å². The highest BCUT2D eigenvalue weighted by Crippen LogP contribution is 2.07. The quantitative estimate of drug-likeness (QED) is 0.408. The smallest absolute Gasteiger partial charge is 0.306 e. The first-order valence-electron chi connectivity index (χ1n) is 7.50. The number of ether oxygens (including phenoxy) is 1. The number of hydrogen-bond donors (Lipinski definition) is 2. The lowest BCUT2D eigenvalue weighted by Gasteiger charge is -2.13. The Hall–Kier alpha value is -2.27. The Morgan fingerprint density at radius 1 is 1.13 bits per heavy atom. The zero-order valence-electron chi connectivity index (χ0n) is 13.7. The summed E-state index contributed by atoms with van der Waals surface area (Å²) in [5, 5.41) is 17.5. The molecule has 0 rings (SSSR count). The molecule has 0 saturated heterocycles. The summed E-state index contributed by atoms with van der Waals surface area (Å²) >= 11 is 0. The summed E-state index contributed by atoms with van der Waals surface area (Å²) in [5.74, 6) is 10.6. The topological polar surface area (TPSA) is 66.8 Å². The molecule has 4 nitrogen and oxygen atoms in total. The van der Waals surface area contributed by atoms with E-state index in [1.807, 2.05) is 13.8 Å². The average molecular weight is 316 g/mol. The number of hydrogen-bond acceptors (Lipinski definition) is 4. The maximum Gasteiger partial charge on any atom is 0.306 e. The third-order valence-electron chi connectivity index (χ3n) is 2.40. The molecule has 0 bridgehead atoms. The van der Waals surface area contributed by atoms with Crippen molar-refractivity contribution in [3.05, 3.63) is 36.5 Å². The van der Waals surface area contributed by atoms with Crippen LogP contribution >= 0.6 is 0 Å². The van der Waals surface area contributed by atoms with Crippen LogP contribution in [-0.4, -0.2) is 35.5 Å². The summed E-state index contributed by atoms with van der Waals surface area (Å²) in [6.07, 6.45) is 10.1. The molecule has 0 aliphatic heterocycles. The molecule has 0 fully saturated rings. The SMILES string of the molecule is CC(C)CC(=O)O[C@H](/C=C/C=C/C#CC#C/C=C/CO)CCO. The third-order valence-corrected chi connectivity index (χ3v) is 2.40. The zero-order valence-corrected chi connectivity index (χ0v) is 13.7. The van der Waals surface area contributed by atoms with E-state index in [9.17, 15) is 4.79 Å². The van der Waals surface area contributed by atoms with Crippen LogP contribution in [0, 0.1) is 29.6 Å². The molecule has 4 heteroatoms. The van der Waals surface area contributed by atoms with E-state index >= 15 is 0 Å². The van der Waals surface area contributed by atoms with Crippen molar-refractivity contribution in [3.8, 4) is 23.7 Å². The Balaban J connectivity index is 4.36. The minimum absolute atomic E-state index is 0.0381. The minimum atomic E-state index is -0.438. The highest BCUT2D eigenvalue weighted by Gasteiger charge is 2.12. The average Bonchev–Trinajstić information content (AvgIpc) is 2.48. The van der Waals surface area contributed by atoms with Crippen LogP contribution in [0.4, 0.5) is 0 Å². The molecule has 0 heterocycles. The molecule has 2 N–H and O–H groups in total. The van der Waals surface area contributed by atoms with E-state index in [0.717, 1.165) is 0 Å². The van der Waals surface area contributed by atoms with E-state index in [1.54, 1.807) is 24.3 Å². The van der Waals surface area contributed by atoms with Crippen molar-refractivity contribution < 1.29 is 19.7 Å². The van der Waals surface area contributed by atoms with Crippen LogP contribution in [0.15, 0.2) is 36.5 Å². The van der Waals surface area contributed by atoms with Gasteiger partial charge in [-0.15, -0.1) is 0 Å². The molecule has 0 aliphatic rings. The Morgan fingerprint density at radius 3 is 2.43 bits per heavy atom. The van der Waals surface area contributed by atoms with Gasteiger partial charge in [0.15, 0.2) is 0 Å². The summed E-state index contributed by atoms with van der Waals surface area (Å²) in [6.45, 7) is 3.80.